The van der Waals surface area contributed by atoms with E-state index in [-0.39, 0.29) is 30.0 Å². The topological polar surface area (TPSA) is 100 Å². The van der Waals surface area contributed by atoms with E-state index in [0.29, 0.717) is 28.9 Å². The highest BCUT2D eigenvalue weighted by molar-refractivity contribution is 7.18. The third-order valence-electron chi connectivity index (χ3n) is 4.45. The Balaban J connectivity index is 1.89. The lowest BCUT2D eigenvalue weighted by atomic mass is 9.77. The third-order valence-corrected chi connectivity index (χ3v) is 5.79. The number of nitrogens with zero attached hydrogens (tertiary/aromatic N) is 4. The normalized spacial score (nSPS) is 22.5. The quantitative estimate of drug-likeness (QED) is 0.806. The molecular formula is C17H25N5O3S. The molecular weight excluding hydrogens is 354 g/mol. The summed E-state index contributed by atoms with van der Waals surface area (Å²) < 4.78 is 1.72. The van der Waals surface area contributed by atoms with E-state index in [1.165, 1.54) is 16.0 Å². The van der Waals surface area contributed by atoms with Crippen molar-refractivity contribution in [3.63, 3.8) is 0 Å². The Morgan fingerprint density at radius 3 is 2.65 bits per heavy atom. The molecule has 1 aliphatic rings. The van der Waals surface area contributed by atoms with Gasteiger partial charge in [-0.3, -0.25) is 9.59 Å². The summed E-state index contributed by atoms with van der Waals surface area (Å²) in [7, 11) is 3.67. The van der Waals surface area contributed by atoms with Crippen molar-refractivity contribution in [3.05, 3.63) is 15.4 Å². The second-order valence-corrected chi connectivity index (χ2v) is 8.77. The van der Waals surface area contributed by atoms with Crippen LogP contribution in [-0.4, -0.2) is 51.5 Å². The number of fused-ring (bicyclic) bond motifs is 1. The zero-order valence-corrected chi connectivity index (χ0v) is 16.6. The van der Waals surface area contributed by atoms with Gasteiger partial charge in [-0.05, 0) is 19.8 Å². The Hall–Kier alpha value is -2.00. The van der Waals surface area contributed by atoms with Crippen LogP contribution < -0.4 is 15.8 Å². The molecule has 1 fully saturated rings. The van der Waals surface area contributed by atoms with Gasteiger partial charge in [-0.2, -0.15) is 0 Å². The predicted octanol–water partition coefficient (Wildman–Crippen LogP) is 1.07. The fourth-order valence-electron chi connectivity index (χ4n) is 3.13. The van der Waals surface area contributed by atoms with Gasteiger partial charge in [-0.1, -0.05) is 13.8 Å². The van der Waals surface area contributed by atoms with Crippen LogP contribution in [0.5, 0.6) is 0 Å². The van der Waals surface area contributed by atoms with Gasteiger partial charge in [-0.15, -0.1) is 16.4 Å². The van der Waals surface area contributed by atoms with Crippen LogP contribution in [0.15, 0.2) is 4.79 Å². The first kappa shape index (κ1) is 18.8. The number of aromatic nitrogens is 3. The van der Waals surface area contributed by atoms with Crippen molar-refractivity contribution in [2.45, 2.75) is 57.7 Å². The fraction of sp³-hybridized carbons (Fsp3) is 0.647. The van der Waals surface area contributed by atoms with Crippen molar-refractivity contribution in [1.82, 2.24) is 20.1 Å². The third kappa shape index (κ3) is 3.59. The number of aliphatic hydroxyl groups is 1. The van der Waals surface area contributed by atoms with Crippen LogP contribution in [0.25, 0.3) is 10.2 Å². The molecule has 26 heavy (non-hydrogen) atoms. The molecule has 2 N–H and O–H groups in total. The smallest absolute Gasteiger partial charge is 0.287 e. The maximum absolute atomic E-state index is 12.8. The number of carbonyl (C=O) groups excluding carboxylic acids is 1. The van der Waals surface area contributed by atoms with Gasteiger partial charge < -0.3 is 15.3 Å². The molecule has 0 bridgehead atoms. The van der Waals surface area contributed by atoms with Crippen LogP contribution in [0.3, 0.4) is 0 Å². The minimum absolute atomic E-state index is 0.0544. The maximum atomic E-state index is 12.8. The van der Waals surface area contributed by atoms with Crippen molar-refractivity contribution in [2.24, 2.45) is 0 Å². The van der Waals surface area contributed by atoms with Crippen molar-refractivity contribution >= 4 is 33.3 Å². The summed E-state index contributed by atoms with van der Waals surface area (Å²) in [6.45, 7) is 5.65. The molecule has 2 aromatic heterocycles. The van der Waals surface area contributed by atoms with Crippen LogP contribution in [0.1, 0.15) is 44.5 Å². The maximum Gasteiger partial charge on any atom is 0.287 e. The Labute approximate surface area is 155 Å². The van der Waals surface area contributed by atoms with E-state index in [2.05, 4.69) is 15.4 Å². The van der Waals surface area contributed by atoms with Crippen LogP contribution in [-0.2, 0) is 11.3 Å². The molecule has 9 heteroatoms. The Bertz CT molecular complexity index is 892. The molecule has 142 valence electrons. The zero-order chi connectivity index (χ0) is 19.2. The number of amides is 1. The summed E-state index contributed by atoms with van der Waals surface area (Å²) in [5, 5.41) is 17.8. The summed E-state index contributed by atoms with van der Waals surface area (Å²) in [5.74, 6) is 0.504. The molecule has 2 aromatic rings. The predicted molar refractivity (Wildman–Crippen MR) is 102 cm³/mol. The summed E-state index contributed by atoms with van der Waals surface area (Å²) in [4.78, 5) is 31.4. The molecule has 2 heterocycles. The molecule has 3 rings (SSSR count). The zero-order valence-electron chi connectivity index (χ0n) is 15.7. The minimum atomic E-state index is -0.708. The van der Waals surface area contributed by atoms with Crippen LogP contribution in [0.4, 0.5) is 5.82 Å². The second kappa shape index (κ2) is 6.62. The summed E-state index contributed by atoms with van der Waals surface area (Å²) >= 11 is 1.36. The van der Waals surface area contributed by atoms with Gasteiger partial charge in [0.15, 0.2) is 5.82 Å². The molecule has 0 aromatic carbocycles. The number of hydrogen-bond donors (Lipinski definition) is 2. The minimum Gasteiger partial charge on any atom is -0.390 e. The highest BCUT2D eigenvalue weighted by atomic mass is 32.1. The van der Waals surface area contributed by atoms with Gasteiger partial charge in [-0.25, -0.2) is 9.67 Å². The van der Waals surface area contributed by atoms with Gasteiger partial charge >= 0.3 is 0 Å². The highest BCUT2D eigenvalue weighted by Gasteiger charge is 2.39. The Morgan fingerprint density at radius 2 is 2.12 bits per heavy atom. The van der Waals surface area contributed by atoms with E-state index in [0.717, 1.165) is 5.01 Å². The number of thiazole rings is 1. The lowest BCUT2D eigenvalue weighted by Gasteiger charge is -2.41. The first-order valence-electron chi connectivity index (χ1n) is 8.68. The lowest BCUT2D eigenvalue weighted by Crippen LogP contribution is -2.54. The molecule has 0 radical (unpaired) electrons. The highest BCUT2D eigenvalue weighted by Crippen LogP contribution is 2.31. The number of nitrogens with one attached hydrogen (secondary N) is 1. The second-order valence-electron chi connectivity index (χ2n) is 7.73. The number of hydrogen-bond acceptors (Lipinski definition) is 7. The number of rotatable bonds is 5. The standard InChI is InChI=1S/C17H25N5O3S/c1-9(2)15-19-12-13(26-15)16(24)22(20-14(12)21(4)5)8-11(23)18-10-6-17(3,25)7-10/h9-10,25H,6-8H2,1-5H3,(H,18,23). The first-order chi connectivity index (χ1) is 12.1. The average molecular weight is 379 g/mol. The molecule has 0 spiro atoms. The van der Waals surface area contributed by atoms with Crippen molar-refractivity contribution in [3.8, 4) is 0 Å². The van der Waals surface area contributed by atoms with Crippen molar-refractivity contribution in [2.75, 3.05) is 19.0 Å². The van der Waals surface area contributed by atoms with Crippen molar-refractivity contribution in [1.29, 1.82) is 0 Å². The molecule has 0 atom stereocenters. The van der Waals surface area contributed by atoms with Crippen molar-refractivity contribution < 1.29 is 9.90 Å². The SMILES string of the molecule is CC(C)c1nc2c(N(C)C)nn(CC(=O)NC3CC(C)(O)C3)c(=O)c2s1. The summed E-state index contributed by atoms with van der Waals surface area (Å²) in [6.07, 6.45) is 1.05. The van der Waals surface area contributed by atoms with E-state index >= 15 is 0 Å². The van der Waals surface area contributed by atoms with Crippen LogP contribution in [0, 0.1) is 0 Å². The van der Waals surface area contributed by atoms with E-state index in [1.54, 1.807) is 11.8 Å². The van der Waals surface area contributed by atoms with Crippen LogP contribution in [0.2, 0.25) is 0 Å². The van der Waals surface area contributed by atoms with Gasteiger partial charge in [0.05, 0.1) is 10.6 Å². The Kier molecular flexibility index (Phi) is 4.78. The van der Waals surface area contributed by atoms with E-state index in [1.807, 2.05) is 27.9 Å². The molecule has 0 aliphatic heterocycles. The van der Waals surface area contributed by atoms with Gasteiger partial charge in [0, 0.05) is 26.1 Å². The first-order valence-corrected chi connectivity index (χ1v) is 9.49. The van der Waals surface area contributed by atoms with Crippen LogP contribution >= 0.6 is 11.3 Å². The average Bonchev–Trinajstić information content (AvgIpc) is 2.93. The molecule has 1 amide bonds. The van der Waals surface area contributed by atoms with Gasteiger partial charge in [0.25, 0.3) is 5.56 Å². The monoisotopic (exact) mass is 379 g/mol. The summed E-state index contributed by atoms with van der Waals surface area (Å²) in [5.41, 5.74) is -0.425. The van der Waals surface area contributed by atoms with E-state index < -0.39 is 5.60 Å². The Morgan fingerprint density at radius 1 is 1.46 bits per heavy atom. The number of carbonyl (C=O) groups is 1. The molecule has 8 nitrogen and oxygen atoms in total. The van der Waals surface area contributed by atoms with Gasteiger partial charge in [0.2, 0.25) is 5.91 Å². The lowest BCUT2D eigenvalue weighted by molar-refractivity contribution is -0.125. The van der Waals surface area contributed by atoms with E-state index in [9.17, 15) is 14.7 Å². The largest absolute Gasteiger partial charge is 0.390 e. The molecule has 1 aliphatic carbocycles. The van der Waals surface area contributed by atoms with E-state index in [4.69, 9.17) is 0 Å². The summed E-state index contributed by atoms with van der Waals surface area (Å²) in [6, 6.07) is -0.0544. The fourth-order valence-corrected chi connectivity index (χ4v) is 4.13. The molecule has 0 saturated heterocycles. The number of anilines is 1. The van der Waals surface area contributed by atoms with Gasteiger partial charge in [0.1, 0.15) is 16.8 Å². The molecule has 1 saturated carbocycles. The molecule has 0 unspecified atom stereocenters.